The van der Waals surface area contributed by atoms with Gasteiger partial charge >= 0.3 is 0 Å². The van der Waals surface area contributed by atoms with Crippen LogP contribution in [0.1, 0.15) is 53.6 Å². The molecule has 1 atom stereocenters. The minimum Gasteiger partial charge on any atom is -0.320 e. The number of aryl methyl sites for hydroxylation is 2. The van der Waals surface area contributed by atoms with Gasteiger partial charge in [0.15, 0.2) is 0 Å². The van der Waals surface area contributed by atoms with Crippen molar-refractivity contribution in [2.45, 2.75) is 39.7 Å². The number of hydrogen-bond donors (Lipinski definition) is 1. The first-order chi connectivity index (χ1) is 9.40. The molecule has 0 aliphatic rings. The Kier molecular flexibility index (Phi) is 4.52. The first kappa shape index (κ1) is 15.1. The van der Waals surface area contributed by atoms with Crippen molar-refractivity contribution in [1.29, 1.82) is 0 Å². The third-order valence-corrected chi connectivity index (χ3v) is 4.24. The number of halogens is 1. The lowest BCUT2D eigenvalue weighted by Gasteiger charge is -2.17. The van der Waals surface area contributed by atoms with Crippen molar-refractivity contribution in [2.24, 2.45) is 5.73 Å². The van der Waals surface area contributed by atoms with Crippen molar-refractivity contribution in [2.75, 3.05) is 0 Å². The van der Waals surface area contributed by atoms with Crippen LogP contribution in [-0.2, 0) is 0 Å². The fourth-order valence-corrected chi connectivity index (χ4v) is 2.65. The summed E-state index contributed by atoms with van der Waals surface area (Å²) in [5.74, 6) is 0.533. The Labute approximate surface area is 126 Å². The van der Waals surface area contributed by atoms with Gasteiger partial charge in [0.1, 0.15) is 0 Å². The highest BCUT2D eigenvalue weighted by Crippen LogP contribution is 2.29. The molecule has 2 rings (SSSR count). The summed E-state index contributed by atoms with van der Waals surface area (Å²) in [7, 11) is 0. The maximum absolute atomic E-state index is 6.38. The zero-order valence-corrected chi connectivity index (χ0v) is 13.3. The Balaban J connectivity index is 2.36. The van der Waals surface area contributed by atoms with Gasteiger partial charge in [0.2, 0.25) is 0 Å². The summed E-state index contributed by atoms with van der Waals surface area (Å²) in [5, 5.41) is 0.744. The second-order valence-electron chi connectivity index (χ2n) is 5.76. The predicted molar refractivity (Wildman–Crippen MR) is 87.5 cm³/mol. The second-order valence-corrected chi connectivity index (χ2v) is 6.16. The van der Waals surface area contributed by atoms with Gasteiger partial charge in [0.05, 0.1) is 6.04 Å². The topological polar surface area (TPSA) is 26.0 Å². The molecule has 0 saturated heterocycles. The first-order valence-corrected chi connectivity index (χ1v) is 7.40. The number of rotatable bonds is 3. The van der Waals surface area contributed by atoms with E-state index in [1.54, 1.807) is 0 Å². The minimum atomic E-state index is -0.178. The van der Waals surface area contributed by atoms with E-state index < -0.39 is 0 Å². The van der Waals surface area contributed by atoms with Gasteiger partial charge in [-0.15, -0.1) is 0 Å². The zero-order valence-electron chi connectivity index (χ0n) is 12.6. The van der Waals surface area contributed by atoms with Gasteiger partial charge in [-0.2, -0.15) is 0 Å². The molecule has 0 saturated carbocycles. The largest absolute Gasteiger partial charge is 0.320 e. The molecule has 0 aliphatic heterocycles. The van der Waals surface area contributed by atoms with E-state index in [9.17, 15) is 0 Å². The van der Waals surface area contributed by atoms with Gasteiger partial charge in [0, 0.05) is 5.02 Å². The highest BCUT2D eigenvalue weighted by molar-refractivity contribution is 6.31. The number of hydrogen-bond acceptors (Lipinski definition) is 1. The lowest BCUT2D eigenvalue weighted by atomic mass is 9.94. The molecular formula is C18H22ClN. The summed E-state index contributed by atoms with van der Waals surface area (Å²) in [6.07, 6.45) is 0. The van der Waals surface area contributed by atoms with Crippen molar-refractivity contribution >= 4 is 11.6 Å². The summed E-state index contributed by atoms with van der Waals surface area (Å²) in [5.41, 5.74) is 12.2. The molecule has 0 aromatic heterocycles. The maximum atomic E-state index is 6.38. The molecule has 0 spiro atoms. The maximum Gasteiger partial charge on any atom is 0.0566 e. The summed E-state index contributed by atoms with van der Waals surface area (Å²) >= 11 is 6.35. The van der Waals surface area contributed by atoms with Crippen LogP contribution in [0.3, 0.4) is 0 Å². The molecule has 1 nitrogen and oxygen atoms in total. The molecule has 0 fully saturated rings. The Morgan fingerprint density at radius 3 is 1.95 bits per heavy atom. The Hall–Kier alpha value is -1.31. The molecule has 0 bridgehead atoms. The van der Waals surface area contributed by atoms with E-state index in [4.69, 9.17) is 17.3 Å². The van der Waals surface area contributed by atoms with Gasteiger partial charge in [-0.05, 0) is 53.6 Å². The lowest BCUT2D eigenvalue weighted by molar-refractivity contribution is 0.846. The van der Waals surface area contributed by atoms with Crippen LogP contribution in [0, 0.1) is 13.8 Å². The molecule has 0 heterocycles. The van der Waals surface area contributed by atoms with E-state index in [1.165, 1.54) is 16.7 Å². The predicted octanol–water partition coefficient (Wildman–Crippen LogP) is 5.13. The average molecular weight is 288 g/mol. The summed E-state index contributed by atoms with van der Waals surface area (Å²) < 4.78 is 0. The molecule has 0 amide bonds. The van der Waals surface area contributed by atoms with E-state index in [-0.39, 0.29) is 6.04 Å². The van der Waals surface area contributed by atoms with E-state index >= 15 is 0 Å². The van der Waals surface area contributed by atoms with Gasteiger partial charge in [-0.3, -0.25) is 0 Å². The van der Waals surface area contributed by atoms with Gasteiger partial charge in [-0.1, -0.05) is 55.8 Å². The quantitative estimate of drug-likeness (QED) is 0.832. The van der Waals surface area contributed by atoms with E-state index in [0.717, 1.165) is 16.1 Å². The monoisotopic (exact) mass is 287 g/mol. The van der Waals surface area contributed by atoms with E-state index in [2.05, 4.69) is 58.0 Å². The van der Waals surface area contributed by atoms with Gasteiger partial charge < -0.3 is 5.73 Å². The van der Waals surface area contributed by atoms with Crippen LogP contribution in [-0.4, -0.2) is 0 Å². The number of benzene rings is 2. The van der Waals surface area contributed by atoms with Crippen molar-refractivity contribution in [3.63, 3.8) is 0 Å². The smallest absolute Gasteiger partial charge is 0.0566 e. The lowest BCUT2D eigenvalue weighted by Crippen LogP contribution is -2.13. The summed E-state index contributed by atoms with van der Waals surface area (Å²) in [6, 6.07) is 12.4. The van der Waals surface area contributed by atoms with E-state index in [0.29, 0.717) is 5.92 Å². The third kappa shape index (κ3) is 3.05. The molecule has 1 unspecified atom stereocenters. The standard InChI is InChI=1S/C18H22ClN/c1-11(2)14-5-7-15(8-6-14)18(20)16-9-12(3)13(4)10-17(16)19/h5-11,18H,20H2,1-4H3. The van der Waals surface area contributed by atoms with Crippen molar-refractivity contribution < 1.29 is 0 Å². The van der Waals surface area contributed by atoms with Crippen LogP contribution in [0.15, 0.2) is 36.4 Å². The molecule has 0 aliphatic carbocycles. The minimum absolute atomic E-state index is 0.178. The summed E-state index contributed by atoms with van der Waals surface area (Å²) in [4.78, 5) is 0. The second kappa shape index (κ2) is 5.99. The zero-order chi connectivity index (χ0) is 14.9. The molecule has 20 heavy (non-hydrogen) atoms. The van der Waals surface area contributed by atoms with Crippen LogP contribution < -0.4 is 5.73 Å². The van der Waals surface area contributed by atoms with Crippen LogP contribution in [0.4, 0.5) is 0 Å². The van der Waals surface area contributed by atoms with E-state index in [1.807, 2.05) is 6.07 Å². The van der Waals surface area contributed by atoms with Gasteiger partial charge in [-0.25, -0.2) is 0 Å². The van der Waals surface area contributed by atoms with Crippen molar-refractivity contribution in [3.8, 4) is 0 Å². The van der Waals surface area contributed by atoms with Crippen LogP contribution in [0.5, 0.6) is 0 Å². The van der Waals surface area contributed by atoms with Crippen LogP contribution in [0.25, 0.3) is 0 Å². The molecule has 2 aromatic rings. The fraction of sp³-hybridized carbons (Fsp3) is 0.333. The summed E-state index contributed by atoms with van der Waals surface area (Å²) in [6.45, 7) is 8.53. The Morgan fingerprint density at radius 2 is 1.40 bits per heavy atom. The highest BCUT2D eigenvalue weighted by Gasteiger charge is 2.14. The fourth-order valence-electron chi connectivity index (χ4n) is 2.31. The molecule has 106 valence electrons. The number of nitrogens with two attached hydrogens (primary N) is 1. The third-order valence-electron chi connectivity index (χ3n) is 3.91. The first-order valence-electron chi connectivity index (χ1n) is 7.02. The molecule has 2 heteroatoms. The Morgan fingerprint density at radius 1 is 0.900 bits per heavy atom. The normalized spacial score (nSPS) is 12.8. The molecule has 0 radical (unpaired) electrons. The highest BCUT2D eigenvalue weighted by atomic mass is 35.5. The van der Waals surface area contributed by atoms with Crippen molar-refractivity contribution in [1.82, 2.24) is 0 Å². The Bertz CT molecular complexity index is 600. The SMILES string of the molecule is Cc1cc(Cl)c(C(N)c2ccc(C(C)C)cc2)cc1C. The molecule has 2 N–H and O–H groups in total. The van der Waals surface area contributed by atoms with Gasteiger partial charge in [0.25, 0.3) is 0 Å². The van der Waals surface area contributed by atoms with Crippen LogP contribution in [0.2, 0.25) is 5.02 Å². The molecular weight excluding hydrogens is 266 g/mol. The van der Waals surface area contributed by atoms with Crippen LogP contribution >= 0.6 is 11.6 Å². The molecule has 2 aromatic carbocycles. The van der Waals surface area contributed by atoms with Crippen molar-refractivity contribution in [3.05, 3.63) is 69.2 Å². The average Bonchev–Trinajstić information content (AvgIpc) is 2.42.